The van der Waals surface area contributed by atoms with Crippen molar-refractivity contribution in [3.63, 3.8) is 0 Å². The van der Waals surface area contributed by atoms with E-state index in [1.54, 1.807) is 18.2 Å². The van der Waals surface area contributed by atoms with Crippen LogP contribution >= 0.6 is 11.3 Å². The van der Waals surface area contributed by atoms with Gasteiger partial charge in [-0.25, -0.2) is 0 Å². The van der Waals surface area contributed by atoms with Gasteiger partial charge in [-0.2, -0.15) is 0 Å². The summed E-state index contributed by atoms with van der Waals surface area (Å²) in [5.74, 6) is -0.230. The third-order valence-electron chi connectivity index (χ3n) is 6.08. The van der Waals surface area contributed by atoms with Crippen molar-refractivity contribution in [3.8, 4) is 0 Å². The summed E-state index contributed by atoms with van der Waals surface area (Å²) in [4.78, 5) is 30.7. The summed E-state index contributed by atoms with van der Waals surface area (Å²) in [6.45, 7) is 3.84. The minimum Gasteiger partial charge on any atom is -0.336 e. The summed E-state index contributed by atoms with van der Waals surface area (Å²) >= 11 is 1.38. The number of para-hydroxylation sites is 1. The van der Waals surface area contributed by atoms with Crippen molar-refractivity contribution in [2.45, 2.75) is 6.54 Å². The van der Waals surface area contributed by atoms with Crippen molar-refractivity contribution in [3.05, 3.63) is 100 Å². The Labute approximate surface area is 197 Å². The van der Waals surface area contributed by atoms with Gasteiger partial charge in [0.25, 0.3) is 11.8 Å². The van der Waals surface area contributed by atoms with Crippen LogP contribution in [-0.2, 0) is 6.54 Å². The Morgan fingerprint density at radius 1 is 0.818 bits per heavy atom. The average molecular weight is 456 g/mol. The first kappa shape index (κ1) is 21.4. The molecule has 1 N–H and O–H groups in total. The molecule has 0 spiro atoms. The lowest BCUT2D eigenvalue weighted by Crippen LogP contribution is -2.48. The van der Waals surface area contributed by atoms with Crippen LogP contribution in [0.4, 0.5) is 5.69 Å². The molecule has 0 unspecified atom stereocenters. The summed E-state index contributed by atoms with van der Waals surface area (Å²) in [6, 6.07) is 25.8. The predicted molar refractivity (Wildman–Crippen MR) is 134 cm³/mol. The smallest absolute Gasteiger partial charge is 0.265 e. The molecule has 1 aromatic heterocycles. The lowest BCUT2D eigenvalue weighted by Gasteiger charge is -2.35. The third kappa shape index (κ3) is 4.67. The Morgan fingerprint density at radius 3 is 2.39 bits per heavy atom. The molecule has 6 heteroatoms. The molecule has 0 radical (unpaired) electrons. The van der Waals surface area contributed by atoms with Crippen molar-refractivity contribution >= 4 is 39.6 Å². The van der Waals surface area contributed by atoms with E-state index in [0.717, 1.165) is 19.6 Å². The molecule has 1 aliphatic rings. The van der Waals surface area contributed by atoms with Crippen molar-refractivity contribution in [1.29, 1.82) is 0 Å². The summed E-state index contributed by atoms with van der Waals surface area (Å²) < 4.78 is 0. The van der Waals surface area contributed by atoms with E-state index < -0.39 is 0 Å². The van der Waals surface area contributed by atoms with Crippen molar-refractivity contribution in [2.24, 2.45) is 0 Å². The van der Waals surface area contributed by atoms with Gasteiger partial charge in [0, 0.05) is 32.7 Å². The van der Waals surface area contributed by atoms with Gasteiger partial charge >= 0.3 is 0 Å². The first-order valence-corrected chi connectivity index (χ1v) is 12.0. The number of hydrogen-bond acceptors (Lipinski definition) is 4. The molecule has 1 fully saturated rings. The Hall–Kier alpha value is -3.48. The number of carbonyl (C=O) groups is 2. The maximum atomic E-state index is 13.3. The maximum Gasteiger partial charge on any atom is 0.265 e. The first-order chi connectivity index (χ1) is 16.2. The number of amides is 2. The molecule has 0 atom stereocenters. The van der Waals surface area contributed by atoms with E-state index in [1.165, 1.54) is 27.7 Å². The van der Waals surface area contributed by atoms with Gasteiger partial charge in [-0.15, -0.1) is 11.3 Å². The molecule has 33 heavy (non-hydrogen) atoms. The minimum atomic E-state index is -0.190. The second-order valence-corrected chi connectivity index (χ2v) is 9.13. The Balaban J connectivity index is 1.24. The highest BCUT2D eigenvalue weighted by Gasteiger charge is 2.24. The highest BCUT2D eigenvalue weighted by Crippen LogP contribution is 2.23. The lowest BCUT2D eigenvalue weighted by atomic mass is 10.0. The number of benzene rings is 3. The third-order valence-corrected chi connectivity index (χ3v) is 6.95. The number of carbonyl (C=O) groups excluding carboxylic acids is 2. The van der Waals surface area contributed by atoms with Crippen LogP contribution in [0.15, 0.2) is 84.2 Å². The number of nitrogens with zero attached hydrogens (tertiary/aromatic N) is 2. The van der Waals surface area contributed by atoms with Crippen molar-refractivity contribution in [1.82, 2.24) is 9.80 Å². The van der Waals surface area contributed by atoms with Crippen LogP contribution in [0.5, 0.6) is 0 Å². The highest BCUT2D eigenvalue weighted by molar-refractivity contribution is 7.12. The van der Waals surface area contributed by atoms with Crippen LogP contribution in [0.3, 0.4) is 0 Å². The van der Waals surface area contributed by atoms with Gasteiger partial charge in [0.05, 0.1) is 16.1 Å². The van der Waals surface area contributed by atoms with E-state index in [9.17, 15) is 9.59 Å². The number of rotatable bonds is 5. The fraction of sp³-hybridized carbons (Fsp3) is 0.185. The molecule has 166 valence electrons. The molecule has 5 nitrogen and oxygen atoms in total. The van der Waals surface area contributed by atoms with Crippen LogP contribution in [0.1, 0.15) is 25.6 Å². The number of nitrogens with one attached hydrogen (secondary N) is 1. The van der Waals surface area contributed by atoms with E-state index in [4.69, 9.17) is 0 Å². The molecule has 0 saturated carbocycles. The second-order valence-electron chi connectivity index (χ2n) is 8.18. The highest BCUT2D eigenvalue weighted by atomic mass is 32.1. The zero-order chi connectivity index (χ0) is 22.6. The topological polar surface area (TPSA) is 52.7 Å². The number of fused-ring (bicyclic) bond motifs is 1. The monoisotopic (exact) mass is 455 g/mol. The number of hydrogen-bond donors (Lipinski definition) is 1. The van der Waals surface area contributed by atoms with E-state index in [1.807, 2.05) is 28.5 Å². The molecule has 0 aliphatic carbocycles. The van der Waals surface area contributed by atoms with Gasteiger partial charge in [-0.3, -0.25) is 14.5 Å². The van der Waals surface area contributed by atoms with Crippen molar-refractivity contribution in [2.75, 3.05) is 31.5 Å². The Morgan fingerprint density at radius 2 is 1.58 bits per heavy atom. The number of piperazine rings is 1. The van der Waals surface area contributed by atoms with E-state index in [2.05, 4.69) is 52.7 Å². The first-order valence-electron chi connectivity index (χ1n) is 11.1. The number of thiophene rings is 1. The van der Waals surface area contributed by atoms with Crippen LogP contribution in [0.25, 0.3) is 10.8 Å². The minimum absolute atomic E-state index is 0.0399. The number of anilines is 1. The molecule has 5 rings (SSSR count). The summed E-state index contributed by atoms with van der Waals surface area (Å²) in [5.41, 5.74) is 2.40. The van der Waals surface area contributed by atoms with Crippen LogP contribution in [0.2, 0.25) is 0 Å². The summed E-state index contributed by atoms with van der Waals surface area (Å²) in [7, 11) is 0. The van der Waals surface area contributed by atoms with E-state index in [0.29, 0.717) is 29.2 Å². The molecule has 0 bridgehead atoms. The normalized spacial score (nSPS) is 14.4. The van der Waals surface area contributed by atoms with Gasteiger partial charge in [0.2, 0.25) is 0 Å². The zero-order valence-corrected chi connectivity index (χ0v) is 19.1. The standard InChI is InChI=1S/C27H25N3O2S/c31-26(25-13-6-18-33-25)28-24-12-4-3-11-23(24)27(32)30-16-14-29(15-17-30)19-21-9-5-8-20-7-1-2-10-22(20)21/h1-13,18H,14-17,19H2,(H,28,31). The van der Waals surface area contributed by atoms with Gasteiger partial charge in [-0.05, 0) is 39.9 Å². The summed E-state index contributed by atoms with van der Waals surface area (Å²) in [6.07, 6.45) is 0. The molecule has 2 amide bonds. The van der Waals surface area contributed by atoms with E-state index >= 15 is 0 Å². The fourth-order valence-corrected chi connectivity index (χ4v) is 4.94. The predicted octanol–water partition coefficient (Wildman–Crippen LogP) is 5.11. The lowest BCUT2D eigenvalue weighted by molar-refractivity contribution is 0.0630. The van der Waals surface area contributed by atoms with Crippen LogP contribution in [-0.4, -0.2) is 47.8 Å². The quantitative estimate of drug-likeness (QED) is 0.455. The second kappa shape index (κ2) is 9.57. The van der Waals surface area contributed by atoms with Gasteiger partial charge in [-0.1, -0.05) is 60.7 Å². The molecular weight excluding hydrogens is 430 g/mol. The maximum absolute atomic E-state index is 13.3. The molecular formula is C27H25N3O2S. The Bertz CT molecular complexity index is 1270. The zero-order valence-electron chi connectivity index (χ0n) is 18.2. The van der Waals surface area contributed by atoms with Gasteiger partial charge < -0.3 is 10.2 Å². The fourth-order valence-electron chi connectivity index (χ4n) is 4.32. The van der Waals surface area contributed by atoms with Gasteiger partial charge in [0.15, 0.2) is 0 Å². The van der Waals surface area contributed by atoms with E-state index in [-0.39, 0.29) is 11.8 Å². The average Bonchev–Trinajstić information content (AvgIpc) is 3.40. The largest absolute Gasteiger partial charge is 0.336 e. The Kier molecular flexibility index (Phi) is 6.19. The molecule has 4 aromatic rings. The molecule has 1 saturated heterocycles. The van der Waals surface area contributed by atoms with Gasteiger partial charge in [0.1, 0.15) is 0 Å². The molecule has 3 aromatic carbocycles. The van der Waals surface area contributed by atoms with Crippen LogP contribution < -0.4 is 5.32 Å². The molecule has 2 heterocycles. The van der Waals surface area contributed by atoms with Crippen molar-refractivity contribution < 1.29 is 9.59 Å². The SMILES string of the molecule is O=C(Nc1ccccc1C(=O)N1CCN(Cc2cccc3ccccc23)CC1)c1cccs1. The van der Waals surface area contributed by atoms with Crippen LogP contribution in [0, 0.1) is 0 Å². The summed E-state index contributed by atoms with van der Waals surface area (Å²) in [5, 5.41) is 7.31. The molecule has 1 aliphatic heterocycles.